The molecule has 0 heterocycles. The zero-order chi connectivity index (χ0) is 13.0. The first-order chi connectivity index (χ1) is 8.74. The van der Waals surface area contributed by atoms with E-state index in [1.165, 1.54) is 51.4 Å². The van der Waals surface area contributed by atoms with E-state index in [1.807, 2.05) is 0 Å². The van der Waals surface area contributed by atoms with Crippen LogP contribution in [0.4, 0.5) is 0 Å². The summed E-state index contributed by atoms with van der Waals surface area (Å²) in [7, 11) is 0. The van der Waals surface area contributed by atoms with Gasteiger partial charge in [-0.3, -0.25) is 0 Å². The Balaban J connectivity index is 1.76. The number of hydrogen-bond acceptors (Lipinski definition) is 2. The lowest BCUT2D eigenvalue weighted by molar-refractivity contribution is 0.0647. The predicted octanol–water partition coefficient (Wildman–Crippen LogP) is 3.22. The second kappa shape index (κ2) is 6.91. The standard InChI is InChI=1S/C16H30O2/c1-12-2-4-13(5-3-12)14-6-8-15(9-7-14)16(10-17)11-18/h12-18H,2-11H2,1H3. The maximum absolute atomic E-state index is 9.26. The van der Waals surface area contributed by atoms with E-state index in [2.05, 4.69) is 6.92 Å². The third-order valence-electron chi connectivity index (χ3n) is 5.68. The van der Waals surface area contributed by atoms with Crippen LogP contribution >= 0.6 is 0 Å². The first-order valence-electron chi connectivity index (χ1n) is 7.96. The van der Waals surface area contributed by atoms with Crippen LogP contribution in [0.3, 0.4) is 0 Å². The Bertz CT molecular complexity index is 221. The summed E-state index contributed by atoms with van der Waals surface area (Å²) in [4.78, 5) is 0. The zero-order valence-electron chi connectivity index (χ0n) is 11.9. The van der Waals surface area contributed by atoms with E-state index in [0.717, 1.165) is 17.8 Å². The fourth-order valence-corrected chi connectivity index (χ4v) is 4.20. The summed E-state index contributed by atoms with van der Waals surface area (Å²) < 4.78 is 0. The maximum atomic E-state index is 9.26. The molecule has 2 N–H and O–H groups in total. The molecule has 0 atom stereocenters. The predicted molar refractivity (Wildman–Crippen MR) is 74.2 cm³/mol. The van der Waals surface area contributed by atoms with Crippen LogP contribution in [0, 0.1) is 29.6 Å². The van der Waals surface area contributed by atoms with Crippen molar-refractivity contribution >= 4 is 0 Å². The van der Waals surface area contributed by atoms with E-state index in [0.29, 0.717) is 5.92 Å². The molecular weight excluding hydrogens is 224 g/mol. The van der Waals surface area contributed by atoms with Gasteiger partial charge in [0.25, 0.3) is 0 Å². The summed E-state index contributed by atoms with van der Waals surface area (Å²) in [6, 6.07) is 0. The summed E-state index contributed by atoms with van der Waals surface area (Å²) >= 11 is 0. The Kier molecular flexibility index (Phi) is 5.50. The Morgan fingerprint density at radius 2 is 1.22 bits per heavy atom. The molecule has 2 rings (SSSR count). The minimum atomic E-state index is 0.136. The Morgan fingerprint density at radius 1 is 0.778 bits per heavy atom. The summed E-state index contributed by atoms with van der Waals surface area (Å²) in [5.41, 5.74) is 0. The molecule has 0 radical (unpaired) electrons. The molecule has 106 valence electrons. The lowest BCUT2D eigenvalue weighted by Crippen LogP contribution is -2.30. The molecule has 0 bridgehead atoms. The molecule has 0 aromatic heterocycles. The molecule has 2 fully saturated rings. The molecule has 0 saturated heterocycles. The minimum absolute atomic E-state index is 0.136. The van der Waals surface area contributed by atoms with Crippen LogP contribution in [-0.2, 0) is 0 Å². The molecule has 0 aliphatic heterocycles. The van der Waals surface area contributed by atoms with Crippen LogP contribution < -0.4 is 0 Å². The number of hydrogen-bond donors (Lipinski definition) is 2. The van der Waals surface area contributed by atoms with Crippen molar-refractivity contribution in [2.24, 2.45) is 29.6 Å². The van der Waals surface area contributed by atoms with Gasteiger partial charge in [-0.15, -0.1) is 0 Å². The van der Waals surface area contributed by atoms with Crippen molar-refractivity contribution in [3.8, 4) is 0 Å². The van der Waals surface area contributed by atoms with Gasteiger partial charge < -0.3 is 10.2 Å². The Labute approximate surface area is 112 Å². The fraction of sp³-hybridized carbons (Fsp3) is 1.00. The highest BCUT2D eigenvalue weighted by molar-refractivity contribution is 4.83. The lowest BCUT2D eigenvalue weighted by atomic mass is 9.68. The molecule has 2 aliphatic carbocycles. The van der Waals surface area contributed by atoms with Crippen molar-refractivity contribution in [2.75, 3.05) is 13.2 Å². The van der Waals surface area contributed by atoms with Crippen molar-refractivity contribution < 1.29 is 10.2 Å². The van der Waals surface area contributed by atoms with E-state index in [-0.39, 0.29) is 19.1 Å². The van der Waals surface area contributed by atoms with E-state index in [1.54, 1.807) is 0 Å². The van der Waals surface area contributed by atoms with Gasteiger partial charge in [-0.1, -0.05) is 19.8 Å². The lowest BCUT2D eigenvalue weighted by Gasteiger charge is -2.38. The normalized spacial score (nSPS) is 38.0. The van der Waals surface area contributed by atoms with E-state index >= 15 is 0 Å². The van der Waals surface area contributed by atoms with Gasteiger partial charge in [0.05, 0.1) is 0 Å². The largest absolute Gasteiger partial charge is 0.396 e. The van der Waals surface area contributed by atoms with Crippen molar-refractivity contribution in [1.82, 2.24) is 0 Å². The van der Waals surface area contributed by atoms with Gasteiger partial charge in [0.15, 0.2) is 0 Å². The van der Waals surface area contributed by atoms with Crippen LogP contribution in [-0.4, -0.2) is 23.4 Å². The van der Waals surface area contributed by atoms with Gasteiger partial charge in [0.1, 0.15) is 0 Å². The molecule has 0 amide bonds. The quantitative estimate of drug-likeness (QED) is 0.808. The third kappa shape index (κ3) is 3.48. The van der Waals surface area contributed by atoms with Crippen molar-refractivity contribution in [3.05, 3.63) is 0 Å². The van der Waals surface area contributed by atoms with Gasteiger partial charge in [-0.2, -0.15) is 0 Å². The first-order valence-corrected chi connectivity index (χ1v) is 7.96. The van der Waals surface area contributed by atoms with Gasteiger partial charge >= 0.3 is 0 Å². The average Bonchev–Trinajstić information content (AvgIpc) is 2.42. The molecule has 2 nitrogen and oxygen atoms in total. The highest BCUT2D eigenvalue weighted by atomic mass is 16.3. The SMILES string of the molecule is CC1CCC(C2CCC(C(CO)CO)CC2)CC1. The molecular formula is C16H30O2. The number of rotatable bonds is 4. The number of aliphatic hydroxyl groups is 2. The highest BCUT2D eigenvalue weighted by Gasteiger charge is 2.32. The highest BCUT2D eigenvalue weighted by Crippen LogP contribution is 2.42. The third-order valence-corrected chi connectivity index (χ3v) is 5.68. The van der Waals surface area contributed by atoms with Gasteiger partial charge in [-0.25, -0.2) is 0 Å². The Hall–Kier alpha value is -0.0800. The van der Waals surface area contributed by atoms with E-state index < -0.39 is 0 Å². The van der Waals surface area contributed by atoms with Gasteiger partial charge in [0.2, 0.25) is 0 Å². The fourth-order valence-electron chi connectivity index (χ4n) is 4.20. The van der Waals surface area contributed by atoms with E-state index in [4.69, 9.17) is 0 Å². The molecule has 0 aromatic rings. The minimum Gasteiger partial charge on any atom is -0.396 e. The second-order valence-electron chi connectivity index (χ2n) is 6.82. The molecule has 18 heavy (non-hydrogen) atoms. The van der Waals surface area contributed by atoms with E-state index in [9.17, 15) is 10.2 Å². The molecule has 0 aromatic carbocycles. The molecule has 2 aliphatic rings. The topological polar surface area (TPSA) is 40.5 Å². The summed E-state index contributed by atoms with van der Waals surface area (Å²) in [5.74, 6) is 3.57. The monoisotopic (exact) mass is 254 g/mol. The van der Waals surface area contributed by atoms with Crippen molar-refractivity contribution in [3.63, 3.8) is 0 Å². The van der Waals surface area contributed by atoms with Crippen LogP contribution in [0.2, 0.25) is 0 Å². The van der Waals surface area contributed by atoms with Crippen molar-refractivity contribution in [2.45, 2.75) is 58.3 Å². The summed E-state index contributed by atoms with van der Waals surface area (Å²) in [5, 5.41) is 18.5. The molecule has 2 heteroatoms. The van der Waals surface area contributed by atoms with Crippen LogP contribution in [0.5, 0.6) is 0 Å². The zero-order valence-corrected chi connectivity index (χ0v) is 11.9. The molecule has 2 saturated carbocycles. The summed E-state index contributed by atoms with van der Waals surface area (Å²) in [6.45, 7) is 2.71. The Morgan fingerprint density at radius 3 is 1.67 bits per heavy atom. The smallest absolute Gasteiger partial charge is 0.0483 e. The van der Waals surface area contributed by atoms with Gasteiger partial charge in [-0.05, 0) is 62.2 Å². The molecule has 0 spiro atoms. The summed E-state index contributed by atoms with van der Waals surface area (Å²) in [6.07, 6.45) is 10.9. The molecule has 0 unspecified atom stereocenters. The van der Waals surface area contributed by atoms with Gasteiger partial charge in [0, 0.05) is 19.1 Å². The van der Waals surface area contributed by atoms with Crippen LogP contribution in [0.15, 0.2) is 0 Å². The van der Waals surface area contributed by atoms with Crippen molar-refractivity contribution in [1.29, 1.82) is 0 Å². The van der Waals surface area contributed by atoms with Crippen LogP contribution in [0.1, 0.15) is 58.3 Å². The first kappa shape index (κ1) is 14.3. The number of aliphatic hydroxyl groups excluding tert-OH is 2. The second-order valence-corrected chi connectivity index (χ2v) is 6.82. The average molecular weight is 254 g/mol. The van der Waals surface area contributed by atoms with Crippen LogP contribution in [0.25, 0.3) is 0 Å². The maximum Gasteiger partial charge on any atom is 0.0483 e.